The molecule has 0 bridgehead atoms. The molecular formula is C22H34BN3O5. The first-order chi connectivity index (χ1) is 14.8. The number of anilines is 1. The quantitative estimate of drug-likeness (QED) is 0.391. The number of amides is 2. The molecule has 4 N–H and O–H groups in total. The molecule has 1 aliphatic heterocycles. The first-order valence-corrected chi connectivity index (χ1v) is 11.2. The van der Waals surface area contributed by atoms with Crippen LogP contribution in [0.25, 0.3) is 0 Å². The summed E-state index contributed by atoms with van der Waals surface area (Å²) in [6, 6.07) is 6.57. The maximum absolute atomic E-state index is 13.0. The lowest BCUT2D eigenvalue weighted by Crippen LogP contribution is -2.61. The van der Waals surface area contributed by atoms with E-state index in [9.17, 15) is 19.6 Å². The summed E-state index contributed by atoms with van der Waals surface area (Å²) in [7, 11) is -0.0256. The fourth-order valence-corrected chi connectivity index (χ4v) is 3.98. The monoisotopic (exact) mass is 431 g/mol. The molecule has 0 radical (unpaired) electrons. The summed E-state index contributed by atoms with van der Waals surface area (Å²) in [4.78, 5) is 27.9. The number of nitrogens with zero attached hydrogens (tertiary/aromatic N) is 1. The van der Waals surface area contributed by atoms with Crippen LogP contribution in [0, 0.1) is 11.8 Å². The lowest BCUT2D eigenvalue weighted by molar-refractivity contribution is -0.130. The number of carbonyl (C=O) groups is 2. The molecular weight excluding hydrogens is 397 g/mol. The lowest BCUT2D eigenvalue weighted by Gasteiger charge is -2.42. The third-order valence-electron chi connectivity index (χ3n) is 6.04. The normalized spacial score (nSPS) is 19.9. The molecule has 2 amide bonds. The second kappa shape index (κ2) is 10.4. The van der Waals surface area contributed by atoms with Gasteiger partial charge in [0.25, 0.3) is 0 Å². The van der Waals surface area contributed by atoms with Crippen molar-refractivity contribution in [3.05, 3.63) is 24.3 Å². The average Bonchev–Trinajstić information content (AvgIpc) is 3.50. The van der Waals surface area contributed by atoms with Gasteiger partial charge in [0.05, 0.1) is 13.1 Å². The Morgan fingerprint density at radius 2 is 1.84 bits per heavy atom. The first kappa shape index (κ1) is 23.4. The van der Waals surface area contributed by atoms with Gasteiger partial charge in [-0.25, -0.2) is 0 Å². The lowest BCUT2D eigenvalue weighted by atomic mass is 9.75. The van der Waals surface area contributed by atoms with Crippen LogP contribution in [0.5, 0.6) is 5.75 Å². The molecule has 31 heavy (non-hydrogen) atoms. The third-order valence-corrected chi connectivity index (χ3v) is 6.04. The highest BCUT2D eigenvalue weighted by molar-refractivity contribution is 6.43. The van der Waals surface area contributed by atoms with Crippen molar-refractivity contribution in [1.82, 2.24) is 10.6 Å². The molecule has 0 unspecified atom stereocenters. The number of carbonyl (C=O) groups excluding carboxylic acids is 2. The topological polar surface area (TPSA) is 111 Å². The molecule has 2 fully saturated rings. The average molecular weight is 431 g/mol. The van der Waals surface area contributed by atoms with Gasteiger partial charge in [0.1, 0.15) is 17.8 Å². The standard InChI is InChI=1S/C22H34BN3O5/c1-14(2)12-20(23(29)30)25-21(27)18(13-15-4-5-15)24-22(28)19-10-11-26(19)16-6-8-17(31-3)9-7-16/h6-9,14-15,18-20,29-30H,4-5,10-13H2,1-3H3,(H,24,28)(H,25,27)/t18-,19-,20+/m0/s1. The predicted molar refractivity (Wildman–Crippen MR) is 120 cm³/mol. The fourth-order valence-electron chi connectivity index (χ4n) is 3.98. The summed E-state index contributed by atoms with van der Waals surface area (Å²) < 4.78 is 5.19. The second-order valence-corrected chi connectivity index (χ2v) is 9.09. The zero-order valence-corrected chi connectivity index (χ0v) is 18.6. The van der Waals surface area contributed by atoms with Crippen LogP contribution in [0.2, 0.25) is 0 Å². The molecule has 3 rings (SSSR count). The van der Waals surface area contributed by atoms with Crippen molar-refractivity contribution >= 4 is 24.6 Å². The molecule has 8 nitrogen and oxygen atoms in total. The zero-order valence-electron chi connectivity index (χ0n) is 18.6. The molecule has 170 valence electrons. The summed E-state index contributed by atoms with van der Waals surface area (Å²) in [6.07, 6.45) is 3.85. The Bertz CT molecular complexity index is 754. The highest BCUT2D eigenvalue weighted by atomic mass is 16.5. The van der Waals surface area contributed by atoms with Gasteiger partial charge in [-0.2, -0.15) is 0 Å². The molecule has 1 aromatic rings. The van der Waals surface area contributed by atoms with E-state index in [1.807, 2.05) is 43.0 Å². The van der Waals surface area contributed by atoms with E-state index >= 15 is 0 Å². The SMILES string of the molecule is COc1ccc(N2CC[C@H]2C(=O)N[C@@H](CC2CC2)C(=O)N[C@H](CC(C)C)B(O)O)cc1. The minimum atomic E-state index is -1.64. The van der Waals surface area contributed by atoms with Crippen molar-refractivity contribution in [1.29, 1.82) is 0 Å². The maximum atomic E-state index is 13.0. The van der Waals surface area contributed by atoms with E-state index in [0.29, 0.717) is 18.8 Å². The molecule has 1 saturated carbocycles. The van der Waals surface area contributed by atoms with Crippen molar-refractivity contribution in [2.24, 2.45) is 11.8 Å². The highest BCUT2D eigenvalue weighted by Gasteiger charge is 2.38. The summed E-state index contributed by atoms with van der Waals surface area (Å²) in [6.45, 7) is 4.68. The van der Waals surface area contributed by atoms with Crippen molar-refractivity contribution in [2.45, 2.75) is 64.0 Å². The van der Waals surface area contributed by atoms with Crippen LogP contribution in [0.15, 0.2) is 24.3 Å². The van der Waals surface area contributed by atoms with Crippen molar-refractivity contribution in [2.75, 3.05) is 18.6 Å². The predicted octanol–water partition coefficient (Wildman–Crippen LogP) is 1.10. The number of methoxy groups -OCH3 is 1. The zero-order chi connectivity index (χ0) is 22.5. The van der Waals surface area contributed by atoms with Crippen LogP contribution in [0.3, 0.4) is 0 Å². The van der Waals surface area contributed by atoms with Gasteiger partial charge in [-0.05, 0) is 55.4 Å². The van der Waals surface area contributed by atoms with Crippen LogP contribution in [-0.2, 0) is 9.59 Å². The number of benzene rings is 1. The van der Waals surface area contributed by atoms with Crippen LogP contribution in [0.4, 0.5) is 5.69 Å². The van der Waals surface area contributed by atoms with Gasteiger partial charge in [-0.15, -0.1) is 0 Å². The smallest absolute Gasteiger partial charge is 0.475 e. The molecule has 3 atom stereocenters. The van der Waals surface area contributed by atoms with E-state index in [1.54, 1.807) is 7.11 Å². The van der Waals surface area contributed by atoms with E-state index in [2.05, 4.69) is 10.6 Å². The van der Waals surface area contributed by atoms with Crippen molar-refractivity contribution in [3.8, 4) is 5.75 Å². The first-order valence-electron chi connectivity index (χ1n) is 11.2. The van der Waals surface area contributed by atoms with Gasteiger partial charge in [0, 0.05) is 12.2 Å². The van der Waals surface area contributed by atoms with E-state index in [4.69, 9.17) is 4.74 Å². The molecule has 1 saturated heterocycles. The molecule has 2 aliphatic rings. The Hall–Kier alpha value is -2.26. The van der Waals surface area contributed by atoms with Crippen LogP contribution in [-0.4, -0.2) is 60.7 Å². The van der Waals surface area contributed by atoms with Crippen molar-refractivity contribution in [3.63, 3.8) is 0 Å². The molecule has 1 aromatic carbocycles. The van der Waals surface area contributed by atoms with Crippen LogP contribution in [0.1, 0.15) is 46.0 Å². The summed E-state index contributed by atoms with van der Waals surface area (Å²) in [5.41, 5.74) is 0.941. The number of hydrogen-bond donors (Lipinski definition) is 4. The van der Waals surface area contributed by atoms with Gasteiger partial charge in [0.2, 0.25) is 11.8 Å². The minimum absolute atomic E-state index is 0.173. The van der Waals surface area contributed by atoms with Gasteiger partial charge >= 0.3 is 7.12 Å². The minimum Gasteiger partial charge on any atom is -0.497 e. The number of ether oxygens (including phenoxy) is 1. The van der Waals surface area contributed by atoms with Crippen molar-refractivity contribution < 1.29 is 24.4 Å². The maximum Gasteiger partial charge on any atom is 0.475 e. The Labute approximate surface area is 184 Å². The molecule has 1 heterocycles. The van der Waals surface area contributed by atoms with E-state index in [-0.39, 0.29) is 23.8 Å². The molecule has 1 aliphatic carbocycles. The summed E-state index contributed by atoms with van der Waals surface area (Å²) in [5.74, 6) is 0.0931. The number of hydrogen-bond acceptors (Lipinski definition) is 6. The Morgan fingerprint density at radius 1 is 1.16 bits per heavy atom. The summed E-state index contributed by atoms with van der Waals surface area (Å²) >= 11 is 0. The number of nitrogens with one attached hydrogen (secondary N) is 2. The van der Waals surface area contributed by atoms with Gasteiger partial charge in [-0.3, -0.25) is 9.59 Å². The summed E-state index contributed by atoms with van der Waals surface area (Å²) in [5, 5.41) is 24.9. The second-order valence-electron chi connectivity index (χ2n) is 9.09. The van der Waals surface area contributed by atoms with E-state index < -0.39 is 19.1 Å². The van der Waals surface area contributed by atoms with Crippen LogP contribution >= 0.6 is 0 Å². The third kappa shape index (κ3) is 6.37. The molecule has 0 aromatic heterocycles. The van der Waals surface area contributed by atoms with E-state index in [0.717, 1.165) is 37.2 Å². The van der Waals surface area contributed by atoms with Gasteiger partial charge in [-0.1, -0.05) is 26.7 Å². The fraction of sp³-hybridized carbons (Fsp3) is 0.636. The highest BCUT2D eigenvalue weighted by Crippen LogP contribution is 2.34. The molecule has 9 heteroatoms. The molecule has 0 spiro atoms. The number of rotatable bonds is 11. The van der Waals surface area contributed by atoms with Gasteiger partial charge < -0.3 is 30.3 Å². The largest absolute Gasteiger partial charge is 0.497 e. The van der Waals surface area contributed by atoms with Crippen LogP contribution < -0.4 is 20.3 Å². The van der Waals surface area contributed by atoms with E-state index in [1.165, 1.54) is 0 Å². The Morgan fingerprint density at radius 3 is 2.32 bits per heavy atom. The Balaban J connectivity index is 1.62. The Kier molecular flexibility index (Phi) is 7.83. The van der Waals surface area contributed by atoms with Gasteiger partial charge in [0.15, 0.2) is 0 Å².